The van der Waals surface area contributed by atoms with Crippen LogP contribution in [0.5, 0.6) is 5.75 Å². The molecule has 3 nitrogen and oxygen atoms in total. The zero-order chi connectivity index (χ0) is 15.2. The maximum Gasteiger partial charge on any atom is 0.193 e. The minimum atomic E-state index is 0.0711. The van der Waals surface area contributed by atoms with E-state index < -0.39 is 0 Å². The minimum absolute atomic E-state index is 0.0711. The van der Waals surface area contributed by atoms with Crippen molar-refractivity contribution in [1.82, 2.24) is 4.90 Å². The van der Waals surface area contributed by atoms with Crippen LogP contribution in [0, 0.1) is 0 Å². The Morgan fingerprint density at radius 2 is 1.86 bits per heavy atom. The number of nitrogens with zero attached hydrogens (tertiary/aromatic N) is 1. The molecule has 1 aliphatic heterocycles. The Balaban J connectivity index is 1.46. The van der Waals surface area contributed by atoms with Crippen LogP contribution in [-0.4, -0.2) is 36.9 Å². The molecule has 0 spiro atoms. The first-order valence-corrected chi connectivity index (χ1v) is 8.79. The first-order valence-electron chi connectivity index (χ1n) is 7.85. The van der Waals surface area contributed by atoms with Crippen molar-refractivity contribution in [2.75, 3.05) is 26.2 Å². The maximum absolute atomic E-state index is 12.2. The molecule has 22 heavy (non-hydrogen) atoms. The molecular weight excluding hydrogens is 294 g/mol. The van der Waals surface area contributed by atoms with Gasteiger partial charge in [-0.15, -0.1) is 0 Å². The van der Waals surface area contributed by atoms with Crippen molar-refractivity contribution >= 4 is 17.1 Å². The third kappa shape index (κ3) is 3.96. The number of benzene rings is 1. The van der Waals surface area contributed by atoms with E-state index in [9.17, 15) is 4.79 Å². The van der Waals surface area contributed by atoms with E-state index in [0.29, 0.717) is 5.56 Å². The Hall–Kier alpha value is -1.65. The number of thiophene rings is 1. The average Bonchev–Trinajstić information content (AvgIpc) is 3.25. The fourth-order valence-corrected chi connectivity index (χ4v) is 3.38. The highest BCUT2D eigenvalue weighted by Gasteiger charge is 2.11. The largest absolute Gasteiger partial charge is 0.494 e. The SMILES string of the molecule is O=C(c1ccc(OCCCN2CCCC2)cc1)c1ccsc1. The van der Waals surface area contributed by atoms with E-state index in [2.05, 4.69) is 4.90 Å². The Bertz CT molecular complexity index is 586. The quantitative estimate of drug-likeness (QED) is 0.574. The molecule has 4 heteroatoms. The number of hydrogen-bond donors (Lipinski definition) is 0. The summed E-state index contributed by atoms with van der Waals surface area (Å²) >= 11 is 1.54. The summed E-state index contributed by atoms with van der Waals surface area (Å²) in [5, 5.41) is 3.80. The van der Waals surface area contributed by atoms with Crippen molar-refractivity contribution in [1.29, 1.82) is 0 Å². The highest BCUT2D eigenvalue weighted by molar-refractivity contribution is 7.08. The Morgan fingerprint density at radius 1 is 1.09 bits per heavy atom. The van der Waals surface area contributed by atoms with Crippen molar-refractivity contribution < 1.29 is 9.53 Å². The van der Waals surface area contributed by atoms with Gasteiger partial charge in [-0.3, -0.25) is 4.79 Å². The molecule has 1 aromatic carbocycles. The van der Waals surface area contributed by atoms with Crippen LogP contribution in [0.25, 0.3) is 0 Å². The predicted molar refractivity (Wildman–Crippen MR) is 90.0 cm³/mol. The van der Waals surface area contributed by atoms with E-state index in [1.165, 1.54) is 25.9 Å². The molecule has 116 valence electrons. The van der Waals surface area contributed by atoms with Crippen LogP contribution in [0.2, 0.25) is 0 Å². The number of hydrogen-bond acceptors (Lipinski definition) is 4. The van der Waals surface area contributed by atoms with Gasteiger partial charge in [-0.05, 0) is 68.1 Å². The Kier molecular flexibility index (Phi) is 5.24. The van der Waals surface area contributed by atoms with Gasteiger partial charge in [0.05, 0.1) is 6.61 Å². The van der Waals surface area contributed by atoms with Gasteiger partial charge in [-0.25, -0.2) is 0 Å². The molecule has 0 amide bonds. The van der Waals surface area contributed by atoms with E-state index in [-0.39, 0.29) is 5.78 Å². The van der Waals surface area contributed by atoms with Crippen LogP contribution in [-0.2, 0) is 0 Å². The number of carbonyl (C=O) groups is 1. The number of ether oxygens (including phenoxy) is 1. The molecule has 0 radical (unpaired) electrons. The molecule has 2 heterocycles. The number of carbonyl (C=O) groups excluding carboxylic acids is 1. The molecule has 1 aliphatic rings. The van der Waals surface area contributed by atoms with Crippen molar-refractivity contribution in [3.05, 3.63) is 52.2 Å². The molecular formula is C18H21NO2S. The molecule has 1 fully saturated rings. The monoisotopic (exact) mass is 315 g/mol. The van der Waals surface area contributed by atoms with Gasteiger partial charge in [-0.2, -0.15) is 11.3 Å². The van der Waals surface area contributed by atoms with E-state index in [0.717, 1.165) is 30.9 Å². The summed E-state index contributed by atoms with van der Waals surface area (Å²) < 4.78 is 5.76. The second-order valence-corrected chi connectivity index (χ2v) is 6.40. The fourth-order valence-electron chi connectivity index (χ4n) is 2.75. The molecule has 2 aromatic rings. The second kappa shape index (κ2) is 7.56. The summed E-state index contributed by atoms with van der Waals surface area (Å²) in [5.74, 6) is 0.908. The molecule has 0 unspecified atom stereocenters. The standard InChI is InChI=1S/C18H21NO2S/c20-18(16-8-13-22-14-16)15-4-6-17(7-5-15)21-12-3-11-19-9-1-2-10-19/h4-8,13-14H,1-3,9-12H2. The van der Waals surface area contributed by atoms with Crippen molar-refractivity contribution in [3.63, 3.8) is 0 Å². The van der Waals surface area contributed by atoms with E-state index >= 15 is 0 Å². The van der Waals surface area contributed by atoms with Gasteiger partial charge in [0.15, 0.2) is 5.78 Å². The van der Waals surface area contributed by atoms with E-state index in [4.69, 9.17) is 4.74 Å². The highest BCUT2D eigenvalue weighted by atomic mass is 32.1. The zero-order valence-corrected chi connectivity index (χ0v) is 13.5. The summed E-state index contributed by atoms with van der Waals surface area (Å²) in [5.41, 5.74) is 1.46. The van der Waals surface area contributed by atoms with Crippen LogP contribution in [0.4, 0.5) is 0 Å². The summed E-state index contributed by atoms with van der Waals surface area (Å²) in [6.45, 7) is 4.32. The van der Waals surface area contributed by atoms with E-state index in [1.54, 1.807) is 11.3 Å². The predicted octanol–water partition coefficient (Wildman–Crippen LogP) is 3.84. The van der Waals surface area contributed by atoms with Crippen molar-refractivity contribution in [3.8, 4) is 5.75 Å². The molecule has 0 aliphatic carbocycles. The lowest BCUT2D eigenvalue weighted by atomic mass is 10.1. The molecule has 1 aromatic heterocycles. The lowest BCUT2D eigenvalue weighted by molar-refractivity contribution is 0.103. The summed E-state index contributed by atoms with van der Waals surface area (Å²) in [7, 11) is 0. The lowest BCUT2D eigenvalue weighted by Crippen LogP contribution is -2.21. The third-order valence-corrected chi connectivity index (χ3v) is 4.67. The van der Waals surface area contributed by atoms with Crippen LogP contribution in [0.15, 0.2) is 41.1 Å². The summed E-state index contributed by atoms with van der Waals surface area (Å²) in [6.07, 6.45) is 3.72. The minimum Gasteiger partial charge on any atom is -0.494 e. The summed E-state index contributed by atoms with van der Waals surface area (Å²) in [6, 6.07) is 9.31. The fraction of sp³-hybridized carbons (Fsp3) is 0.389. The zero-order valence-electron chi connectivity index (χ0n) is 12.7. The molecule has 0 atom stereocenters. The normalized spacial score (nSPS) is 15.1. The molecule has 3 rings (SSSR count). The van der Waals surface area contributed by atoms with E-state index in [1.807, 2.05) is 41.1 Å². The summed E-state index contributed by atoms with van der Waals surface area (Å²) in [4.78, 5) is 14.7. The van der Waals surface area contributed by atoms with Gasteiger partial charge in [-0.1, -0.05) is 0 Å². The first-order chi connectivity index (χ1) is 10.8. The van der Waals surface area contributed by atoms with Crippen molar-refractivity contribution in [2.24, 2.45) is 0 Å². The van der Waals surface area contributed by atoms with Gasteiger partial charge in [0, 0.05) is 23.1 Å². The molecule has 0 saturated carbocycles. The highest BCUT2D eigenvalue weighted by Crippen LogP contribution is 2.17. The van der Waals surface area contributed by atoms with Crippen LogP contribution < -0.4 is 4.74 Å². The van der Waals surface area contributed by atoms with Crippen molar-refractivity contribution in [2.45, 2.75) is 19.3 Å². The van der Waals surface area contributed by atoms with Crippen LogP contribution in [0.1, 0.15) is 35.2 Å². The second-order valence-electron chi connectivity index (χ2n) is 5.62. The lowest BCUT2D eigenvalue weighted by Gasteiger charge is -2.14. The topological polar surface area (TPSA) is 29.5 Å². The van der Waals surface area contributed by atoms with Gasteiger partial charge < -0.3 is 9.64 Å². The third-order valence-electron chi connectivity index (χ3n) is 3.99. The van der Waals surface area contributed by atoms with Gasteiger partial charge >= 0.3 is 0 Å². The Labute approximate surface area is 135 Å². The number of ketones is 1. The maximum atomic E-state index is 12.2. The smallest absolute Gasteiger partial charge is 0.193 e. The van der Waals surface area contributed by atoms with Crippen LogP contribution >= 0.6 is 11.3 Å². The van der Waals surface area contributed by atoms with Gasteiger partial charge in [0.1, 0.15) is 5.75 Å². The van der Waals surface area contributed by atoms with Gasteiger partial charge in [0.2, 0.25) is 0 Å². The molecule has 0 bridgehead atoms. The first kappa shape index (κ1) is 15.3. The van der Waals surface area contributed by atoms with Crippen LogP contribution in [0.3, 0.4) is 0 Å². The molecule has 0 N–H and O–H groups in total. The van der Waals surface area contributed by atoms with Gasteiger partial charge in [0.25, 0.3) is 0 Å². The molecule has 1 saturated heterocycles. The number of likely N-dealkylation sites (tertiary alicyclic amines) is 1. The Morgan fingerprint density at radius 3 is 2.55 bits per heavy atom. The average molecular weight is 315 g/mol. The number of rotatable bonds is 7.